The van der Waals surface area contributed by atoms with E-state index in [1.807, 2.05) is 0 Å². The molecule has 70 valence electrons. The first-order chi connectivity index (χ1) is 6.27. The highest BCUT2D eigenvalue weighted by Gasteiger charge is 2.23. The molecule has 0 unspecified atom stereocenters. The molecule has 0 saturated carbocycles. The van der Waals surface area contributed by atoms with Crippen LogP contribution in [0.2, 0.25) is 0 Å². The fourth-order valence-electron chi connectivity index (χ4n) is 2.14. The summed E-state index contributed by atoms with van der Waals surface area (Å²) in [5.74, 6) is 0. The second kappa shape index (κ2) is 3.46. The number of rotatable bonds is 1. The summed E-state index contributed by atoms with van der Waals surface area (Å²) < 4.78 is 2.13. The van der Waals surface area contributed by atoms with E-state index in [-0.39, 0.29) is 0 Å². The molecule has 1 aromatic rings. The second-order valence-corrected chi connectivity index (χ2v) is 3.94. The summed E-state index contributed by atoms with van der Waals surface area (Å²) in [6, 6.07) is 5.00. The SMILES string of the molecule is CN1CCC[C@H]1c1ccc[n+](C)c1. The number of hydrogen-bond acceptors (Lipinski definition) is 1. The van der Waals surface area contributed by atoms with E-state index in [2.05, 4.69) is 48.1 Å². The van der Waals surface area contributed by atoms with Gasteiger partial charge in [-0.1, -0.05) is 0 Å². The van der Waals surface area contributed by atoms with E-state index in [0.717, 1.165) is 0 Å². The Morgan fingerprint density at radius 1 is 1.54 bits per heavy atom. The first-order valence-electron chi connectivity index (χ1n) is 4.93. The topological polar surface area (TPSA) is 7.12 Å². The van der Waals surface area contributed by atoms with Crippen LogP contribution in [0.25, 0.3) is 0 Å². The lowest BCUT2D eigenvalue weighted by atomic mass is 10.1. The van der Waals surface area contributed by atoms with Crippen LogP contribution in [0.3, 0.4) is 0 Å². The Hall–Kier alpha value is -0.890. The molecule has 0 spiro atoms. The minimum Gasteiger partial charge on any atom is -0.299 e. The predicted octanol–water partition coefficient (Wildman–Crippen LogP) is 1.28. The molecule has 0 radical (unpaired) electrons. The molecule has 0 bridgehead atoms. The first kappa shape index (κ1) is 8.70. The molecular weight excluding hydrogens is 160 g/mol. The third kappa shape index (κ3) is 1.73. The number of hydrogen-bond donors (Lipinski definition) is 0. The minimum absolute atomic E-state index is 0.646. The molecule has 1 aliphatic rings. The summed E-state index contributed by atoms with van der Waals surface area (Å²) in [5, 5.41) is 0. The minimum atomic E-state index is 0.646. The van der Waals surface area contributed by atoms with E-state index < -0.39 is 0 Å². The summed E-state index contributed by atoms with van der Waals surface area (Å²) in [6.07, 6.45) is 6.95. The van der Waals surface area contributed by atoms with Crippen LogP contribution < -0.4 is 4.57 Å². The van der Waals surface area contributed by atoms with Crippen LogP contribution >= 0.6 is 0 Å². The third-order valence-corrected chi connectivity index (χ3v) is 2.87. The van der Waals surface area contributed by atoms with Gasteiger partial charge in [0, 0.05) is 17.7 Å². The van der Waals surface area contributed by atoms with Crippen LogP contribution in [0.4, 0.5) is 0 Å². The van der Waals surface area contributed by atoms with Gasteiger partial charge in [0.15, 0.2) is 12.4 Å². The van der Waals surface area contributed by atoms with Crippen molar-refractivity contribution in [3.63, 3.8) is 0 Å². The Labute approximate surface area is 79.8 Å². The molecule has 2 heterocycles. The summed E-state index contributed by atoms with van der Waals surface area (Å²) in [7, 11) is 4.29. The quantitative estimate of drug-likeness (QED) is 0.586. The average molecular weight is 177 g/mol. The van der Waals surface area contributed by atoms with Crippen molar-refractivity contribution in [1.29, 1.82) is 0 Å². The van der Waals surface area contributed by atoms with Crippen molar-refractivity contribution >= 4 is 0 Å². The normalized spacial score (nSPS) is 23.7. The largest absolute Gasteiger partial charge is 0.299 e. The number of aromatic nitrogens is 1. The highest BCUT2D eigenvalue weighted by atomic mass is 15.1. The second-order valence-electron chi connectivity index (χ2n) is 3.94. The maximum Gasteiger partial charge on any atom is 0.173 e. The number of likely N-dealkylation sites (tertiary alicyclic amines) is 1. The van der Waals surface area contributed by atoms with E-state index >= 15 is 0 Å². The summed E-state index contributed by atoms with van der Waals surface area (Å²) in [5.41, 5.74) is 1.45. The molecule has 0 aliphatic carbocycles. The number of pyridine rings is 1. The van der Waals surface area contributed by atoms with Gasteiger partial charge in [0.1, 0.15) is 7.05 Å². The van der Waals surface area contributed by atoms with Gasteiger partial charge < -0.3 is 0 Å². The van der Waals surface area contributed by atoms with E-state index in [0.29, 0.717) is 6.04 Å². The summed E-state index contributed by atoms with van der Waals surface area (Å²) in [4.78, 5) is 2.44. The van der Waals surface area contributed by atoms with Crippen molar-refractivity contribution in [3.05, 3.63) is 30.1 Å². The molecule has 13 heavy (non-hydrogen) atoms. The highest BCUT2D eigenvalue weighted by molar-refractivity contribution is 5.12. The molecule has 1 atom stereocenters. The van der Waals surface area contributed by atoms with Crippen molar-refractivity contribution in [3.8, 4) is 0 Å². The van der Waals surface area contributed by atoms with E-state index in [1.54, 1.807) is 0 Å². The van der Waals surface area contributed by atoms with Crippen LogP contribution in [-0.2, 0) is 7.05 Å². The zero-order chi connectivity index (χ0) is 9.26. The molecule has 1 aliphatic heterocycles. The van der Waals surface area contributed by atoms with Gasteiger partial charge in [-0.25, -0.2) is 4.57 Å². The highest BCUT2D eigenvalue weighted by Crippen LogP contribution is 2.28. The fourth-order valence-corrected chi connectivity index (χ4v) is 2.14. The maximum atomic E-state index is 2.44. The van der Waals surface area contributed by atoms with Gasteiger partial charge >= 0.3 is 0 Å². The summed E-state index contributed by atoms with van der Waals surface area (Å²) >= 11 is 0. The molecule has 1 aromatic heterocycles. The molecule has 2 rings (SSSR count). The molecular formula is C11H17N2+. The lowest BCUT2D eigenvalue weighted by molar-refractivity contribution is -0.672. The summed E-state index contributed by atoms with van der Waals surface area (Å²) in [6.45, 7) is 1.24. The lowest BCUT2D eigenvalue weighted by Crippen LogP contribution is -2.29. The molecule has 0 amide bonds. The molecule has 1 fully saturated rings. The maximum absolute atomic E-state index is 2.44. The number of aryl methyl sites for hydroxylation is 1. The van der Waals surface area contributed by atoms with Gasteiger partial charge in [0.25, 0.3) is 0 Å². The van der Waals surface area contributed by atoms with Crippen LogP contribution in [0.1, 0.15) is 24.4 Å². The number of nitrogens with zero attached hydrogens (tertiary/aromatic N) is 2. The molecule has 2 nitrogen and oxygen atoms in total. The van der Waals surface area contributed by atoms with Gasteiger partial charge in [-0.15, -0.1) is 0 Å². The van der Waals surface area contributed by atoms with Crippen molar-refractivity contribution in [2.24, 2.45) is 7.05 Å². The molecule has 0 aromatic carbocycles. The van der Waals surface area contributed by atoms with Gasteiger partial charge in [-0.2, -0.15) is 0 Å². The van der Waals surface area contributed by atoms with Gasteiger partial charge in [0.2, 0.25) is 0 Å². The molecule has 1 saturated heterocycles. The Morgan fingerprint density at radius 3 is 3.00 bits per heavy atom. The van der Waals surface area contributed by atoms with Crippen LogP contribution in [-0.4, -0.2) is 18.5 Å². The van der Waals surface area contributed by atoms with Gasteiger partial charge in [-0.05, 0) is 32.5 Å². The smallest absolute Gasteiger partial charge is 0.173 e. The van der Waals surface area contributed by atoms with Crippen molar-refractivity contribution in [1.82, 2.24) is 4.90 Å². The Balaban J connectivity index is 2.24. The van der Waals surface area contributed by atoms with Crippen molar-refractivity contribution in [2.75, 3.05) is 13.6 Å². The van der Waals surface area contributed by atoms with E-state index in [9.17, 15) is 0 Å². The first-order valence-corrected chi connectivity index (χ1v) is 4.93. The van der Waals surface area contributed by atoms with Crippen LogP contribution in [0.15, 0.2) is 24.5 Å². The zero-order valence-corrected chi connectivity index (χ0v) is 8.40. The van der Waals surface area contributed by atoms with E-state index in [4.69, 9.17) is 0 Å². The predicted molar refractivity (Wildman–Crippen MR) is 52.2 cm³/mol. The molecule has 2 heteroatoms. The lowest BCUT2D eigenvalue weighted by Gasteiger charge is -2.17. The average Bonchev–Trinajstić information content (AvgIpc) is 2.51. The Kier molecular flexibility index (Phi) is 2.32. The standard InChI is InChI=1S/C11H17N2/c1-12-7-3-5-10(9-12)11-6-4-8-13(11)2/h3,5,7,9,11H,4,6,8H2,1-2H3/q+1/t11-/m0/s1. The molecule has 0 N–H and O–H groups in total. The monoisotopic (exact) mass is 177 g/mol. The van der Waals surface area contributed by atoms with Crippen molar-refractivity contribution in [2.45, 2.75) is 18.9 Å². The Morgan fingerprint density at radius 2 is 2.38 bits per heavy atom. The zero-order valence-electron chi connectivity index (χ0n) is 8.40. The van der Waals surface area contributed by atoms with Crippen molar-refractivity contribution < 1.29 is 4.57 Å². The van der Waals surface area contributed by atoms with Crippen LogP contribution in [0.5, 0.6) is 0 Å². The van der Waals surface area contributed by atoms with E-state index in [1.165, 1.54) is 24.9 Å². The fraction of sp³-hybridized carbons (Fsp3) is 0.545. The van der Waals surface area contributed by atoms with Crippen LogP contribution in [0, 0.1) is 0 Å². The van der Waals surface area contributed by atoms with Gasteiger partial charge in [-0.3, -0.25) is 4.90 Å². The Bertz CT molecular complexity index is 296. The van der Waals surface area contributed by atoms with Gasteiger partial charge in [0.05, 0.1) is 0 Å². The third-order valence-electron chi connectivity index (χ3n) is 2.87.